The fourth-order valence-electron chi connectivity index (χ4n) is 3.06. The highest BCUT2D eigenvalue weighted by Crippen LogP contribution is 2.33. The average Bonchev–Trinajstić information content (AvgIpc) is 3.00. The second-order valence-electron chi connectivity index (χ2n) is 5.99. The van der Waals surface area contributed by atoms with Gasteiger partial charge in [-0.3, -0.25) is 0 Å². The fraction of sp³-hybridized carbons (Fsp3) is 0.100. The van der Waals surface area contributed by atoms with Crippen LogP contribution in [0.3, 0.4) is 0 Å². The normalized spacial score (nSPS) is 11.0. The molecular formula is C20H17ClN4O. The van der Waals surface area contributed by atoms with Gasteiger partial charge in [-0.15, -0.1) is 0 Å². The van der Waals surface area contributed by atoms with E-state index < -0.39 is 0 Å². The number of anilines is 1. The van der Waals surface area contributed by atoms with Crippen molar-refractivity contribution < 1.29 is 4.74 Å². The van der Waals surface area contributed by atoms with Crippen LogP contribution in [0.4, 0.5) is 5.82 Å². The van der Waals surface area contributed by atoms with Gasteiger partial charge in [0.1, 0.15) is 11.6 Å². The van der Waals surface area contributed by atoms with Gasteiger partial charge in [-0.25, -0.2) is 4.98 Å². The first kappa shape index (κ1) is 16.4. The number of benzene rings is 2. The molecule has 2 aromatic carbocycles. The molecule has 0 radical (unpaired) electrons. The van der Waals surface area contributed by atoms with Crippen LogP contribution in [0.5, 0.6) is 5.75 Å². The van der Waals surface area contributed by atoms with Crippen LogP contribution >= 0.6 is 11.6 Å². The maximum Gasteiger partial charge on any atom is 0.165 e. The highest BCUT2D eigenvalue weighted by Gasteiger charge is 2.17. The van der Waals surface area contributed by atoms with Gasteiger partial charge in [0.2, 0.25) is 0 Å². The van der Waals surface area contributed by atoms with E-state index in [-0.39, 0.29) is 0 Å². The zero-order valence-corrected chi connectivity index (χ0v) is 15.2. The van der Waals surface area contributed by atoms with Crippen molar-refractivity contribution in [2.45, 2.75) is 6.92 Å². The lowest BCUT2D eigenvalue weighted by molar-refractivity contribution is 0.415. The van der Waals surface area contributed by atoms with Gasteiger partial charge in [-0.05, 0) is 42.3 Å². The van der Waals surface area contributed by atoms with Crippen molar-refractivity contribution >= 4 is 23.1 Å². The van der Waals surface area contributed by atoms with E-state index in [4.69, 9.17) is 22.1 Å². The lowest BCUT2D eigenvalue weighted by Gasteiger charge is -2.08. The Morgan fingerprint density at radius 3 is 2.31 bits per heavy atom. The standard InChI is InChI=1S/C20H17ClN4O/c1-12-18(14-5-9-16(26-2)10-6-14)20-23-11-17(19(22)25(20)24-12)13-3-7-15(21)8-4-13/h3-11H,22H2,1-2H3. The minimum atomic E-state index is 0.542. The van der Waals surface area contributed by atoms with E-state index in [9.17, 15) is 0 Å². The molecule has 2 aromatic heterocycles. The Labute approximate surface area is 156 Å². The van der Waals surface area contributed by atoms with Crippen LogP contribution in [0.2, 0.25) is 5.02 Å². The number of nitrogens with two attached hydrogens (primary N) is 1. The van der Waals surface area contributed by atoms with Crippen molar-refractivity contribution in [2.24, 2.45) is 0 Å². The number of aromatic nitrogens is 3. The molecule has 0 unspecified atom stereocenters. The van der Waals surface area contributed by atoms with Crippen molar-refractivity contribution in [2.75, 3.05) is 12.8 Å². The zero-order chi connectivity index (χ0) is 18.3. The summed E-state index contributed by atoms with van der Waals surface area (Å²) in [5.74, 6) is 1.35. The molecule has 6 heteroatoms. The van der Waals surface area contributed by atoms with Crippen LogP contribution in [0.1, 0.15) is 5.69 Å². The monoisotopic (exact) mass is 364 g/mol. The smallest absolute Gasteiger partial charge is 0.165 e. The Morgan fingerprint density at radius 1 is 1.00 bits per heavy atom. The summed E-state index contributed by atoms with van der Waals surface area (Å²) in [7, 11) is 1.65. The summed E-state index contributed by atoms with van der Waals surface area (Å²) < 4.78 is 6.92. The summed E-state index contributed by atoms with van der Waals surface area (Å²) in [6.45, 7) is 1.95. The topological polar surface area (TPSA) is 65.4 Å². The number of aryl methyl sites for hydroxylation is 1. The van der Waals surface area contributed by atoms with Gasteiger partial charge in [-0.2, -0.15) is 9.61 Å². The maximum absolute atomic E-state index is 6.40. The van der Waals surface area contributed by atoms with Gasteiger partial charge in [0.25, 0.3) is 0 Å². The van der Waals surface area contributed by atoms with E-state index in [1.807, 2.05) is 55.5 Å². The molecule has 4 aromatic rings. The van der Waals surface area contributed by atoms with Crippen molar-refractivity contribution in [3.8, 4) is 28.0 Å². The number of methoxy groups -OCH3 is 1. The molecule has 2 N–H and O–H groups in total. The van der Waals surface area contributed by atoms with Gasteiger partial charge in [-0.1, -0.05) is 35.9 Å². The summed E-state index contributed by atoms with van der Waals surface area (Å²) >= 11 is 5.97. The quantitative estimate of drug-likeness (QED) is 0.576. The van der Waals surface area contributed by atoms with Gasteiger partial charge < -0.3 is 10.5 Å². The number of rotatable bonds is 3. The molecule has 130 valence electrons. The Hall–Kier alpha value is -3.05. The molecule has 0 saturated carbocycles. The zero-order valence-electron chi connectivity index (χ0n) is 14.4. The third kappa shape index (κ3) is 2.66. The first-order chi connectivity index (χ1) is 12.6. The van der Waals surface area contributed by atoms with Gasteiger partial charge >= 0.3 is 0 Å². The molecule has 4 rings (SSSR count). The Morgan fingerprint density at radius 2 is 1.65 bits per heavy atom. The van der Waals surface area contributed by atoms with E-state index in [2.05, 4.69) is 10.1 Å². The Balaban J connectivity index is 1.88. The molecule has 0 fully saturated rings. The predicted molar refractivity (Wildman–Crippen MR) is 105 cm³/mol. The van der Waals surface area contributed by atoms with E-state index in [0.29, 0.717) is 10.8 Å². The molecular weight excluding hydrogens is 348 g/mol. The van der Waals surface area contributed by atoms with Crippen molar-refractivity contribution in [1.82, 2.24) is 14.6 Å². The SMILES string of the molecule is COc1ccc(-c2c(C)nn3c(N)c(-c4ccc(Cl)cc4)cnc23)cc1. The van der Waals surface area contributed by atoms with Crippen LogP contribution in [-0.4, -0.2) is 21.7 Å². The lowest BCUT2D eigenvalue weighted by Crippen LogP contribution is -2.02. The van der Waals surface area contributed by atoms with E-state index in [1.165, 1.54) is 0 Å². The molecule has 0 saturated heterocycles. The highest BCUT2D eigenvalue weighted by molar-refractivity contribution is 6.30. The number of ether oxygens (including phenoxy) is 1. The lowest BCUT2D eigenvalue weighted by atomic mass is 10.1. The molecule has 26 heavy (non-hydrogen) atoms. The molecule has 0 spiro atoms. The predicted octanol–water partition coefficient (Wildman–Crippen LogP) is 4.62. The van der Waals surface area contributed by atoms with Crippen LogP contribution in [0, 0.1) is 6.92 Å². The number of nitrogen functional groups attached to an aromatic ring is 1. The van der Waals surface area contributed by atoms with Gasteiger partial charge in [0.05, 0.1) is 12.8 Å². The molecule has 0 bridgehead atoms. The van der Waals surface area contributed by atoms with Crippen LogP contribution in [0.15, 0.2) is 54.7 Å². The molecule has 0 amide bonds. The first-order valence-corrected chi connectivity index (χ1v) is 8.50. The summed E-state index contributed by atoms with van der Waals surface area (Å²) in [6.07, 6.45) is 1.78. The fourth-order valence-corrected chi connectivity index (χ4v) is 3.18. The van der Waals surface area contributed by atoms with E-state index >= 15 is 0 Å². The molecule has 0 aliphatic heterocycles. The molecule has 0 aliphatic carbocycles. The van der Waals surface area contributed by atoms with Crippen LogP contribution in [-0.2, 0) is 0 Å². The number of hydrogen-bond acceptors (Lipinski definition) is 4. The number of halogens is 1. The largest absolute Gasteiger partial charge is 0.497 e. The Kier molecular flexibility index (Phi) is 4.01. The summed E-state index contributed by atoms with van der Waals surface area (Å²) in [4.78, 5) is 4.64. The summed E-state index contributed by atoms with van der Waals surface area (Å²) in [5, 5.41) is 5.29. The maximum atomic E-state index is 6.40. The molecule has 0 aliphatic rings. The average molecular weight is 365 g/mol. The minimum Gasteiger partial charge on any atom is -0.497 e. The van der Waals surface area contributed by atoms with Gasteiger partial charge in [0.15, 0.2) is 5.65 Å². The minimum absolute atomic E-state index is 0.542. The van der Waals surface area contributed by atoms with Crippen LogP contribution in [0.25, 0.3) is 27.9 Å². The number of fused-ring (bicyclic) bond motifs is 1. The van der Waals surface area contributed by atoms with Gasteiger partial charge in [0, 0.05) is 22.3 Å². The number of nitrogens with zero attached hydrogens (tertiary/aromatic N) is 3. The summed E-state index contributed by atoms with van der Waals surface area (Å²) in [5.41, 5.74) is 11.7. The second-order valence-corrected chi connectivity index (χ2v) is 6.42. The van der Waals surface area contributed by atoms with Crippen LogP contribution < -0.4 is 10.5 Å². The first-order valence-electron chi connectivity index (χ1n) is 8.12. The number of hydrogen-bond donors (Lipinski definition) is 1. The summed E-state index contributed by atoms with van der Waals surface area (Å²) in [6, 6.07) is 15.3. The third-order valence-corrected chi connectivity index (χ3v) is 4.64. The van der Waals surface area contributed by atoms with Crippen molar-refractivity contribution in [3.63, 3.8) is 0 Å². The van der Waals surface area contributed by atoms with Crippen molar-refractivity contribution in [1.29, 1.82) is 0 Å². The van der Waals surface area contributed by atoms with E-state index in [1.54, 1.807) is 17.8 Å². The second kappa shape index (κ2) is 6.35. The Bertz CT molecular complexity index is 1090. The molecule has 2 heterocycles. The highest BCUT2D eigenvalue weighted by atomic mass is 35.5. The van der Waals surface area contributed by atoms with Crippen molar-refractivity contribution in [3.05, 3.63) is 65.4 Å². The molecule has 5 nitrogen and oxygen atoms in total. The third-order valence-electron chi connectivity index (χ3n) is 4.39. The molecule has 0 atom stereocenters. The van der Waals surface area contributed by atoms with E-state index in [0.717, 1.165) is 39.3 Å².